The maximum atomic E-state index is 13.4. The lowest BCUT2D eigenvalue weighted by molar-refractivity contribution is -0.135. The second-order valence-electron chi connectivity index (χ2n) is 3.97. The minimum absolute atomic E-state index is 0.216. The van der Waals surface area contributed by atoms with Gasteiger partial charge in [-0.2, -0.15) is 0 Å². The van der Waals surface area contributed by atoms with Crippen LogP contribution in [0.15, 0.2) is 12.1 Å². The number of rotatable bonds is 4. The van der Waals surface area contributed by atoms with Gasteiger partial charge in [0.05, 0.1) is 0 Å². The molecule has 0 fully saturated rings. The zero-order chi connectivity index (χ0) is 13.7. The van der Waals surface area contributed by atoms with Crippen LogP contribution in [-0.4, -0.2) is 23.7 Å². The monoisotopic (exact) mass is 254 g/mol. The number of carbonyl (C=O) groups is 2. The van der Waals surface area contributed by atoms with E-state index in [2.05, 4.69) is 10.6 Å². The van der Waals surface area contributed by atoms with Crippen LogP contribution >= 0.6 is 0 Å². The summed E-state index contributed by atoms with van der Waals surface area (Å²) in [6.07, 6.45) is 0. The quantitative estimate of drug-likeness (QED) is 0.758. The van der Waals surface area contributed by atoms with Crippen LogP contribution in [0.5, 0.6) is 0 Å². The molecule has 0 aliphatic carbocycles. The lowest BCUT2D eigenvalue weighted by atomic mass is 10.1. The van der Waals surface area contributed by atoms with Crippen LogP contribution in [0.4, 0.5) is 9.18 Å². The number of halogens is 1. The van der Waals surface area contributed by atoms with Gasteiger partial charge in [0.1, 0.15) is 12.4 Å². The Bertz CT molecular complexity index is 451. The molecule has 1 aromatic rings. The molecule has 3 N–H and O–H groups in total. The van der Waals surface area contributed by atoms with Crippen LogP contribution in [0.2, 0.25) is 0 Å². The molecule has 1 aromatic carbocycles. The molecule has 0 aliphatic heterocycles. The third-order valence-electron chi connectivity index (χ3n) is 2.35. The van der Waals surface area contributed by atoms with E-state index in [0.717, 1.165) is 5.56 Å². The van der Waals surface area contributed by atoms with E-state index < -0.39 is 18.5 Å². The third-order valence-corrected chi connectivity index (χ3v) is 2.35. The van der Waals surface area contributed by atoms with E-state index in [1.54, 1.807) is 26.0 Å². The number of nitrogens with one attached hydrogen (secondary N) is 2. The Morgan fingerprint density at radius 2 is 1.78 bits per heavy atom. The molecule has 0 spiro atoms. The highest BCUT2D eigenvalue weighted by molar-refractivity contribution is 5.79. The molecule has 0 saturated carbocycles. The average molecular weight is 254 g/mol. The molecule has 0 atom stereocenters. The van der Waals surface area contributed by atoms with Gasteiger partial charge in [-0.3, -0.25) is 4.79 Å². The highest BCUT2D eigenvalue weighted by Crippen LogP contribution is 2.14. The molecule has 98 valence electrons. The summed E-state index contributed by atoms with van der Waals surface area (Å²) < 4.78 is 13.4. The van der Waals surface area contributed by atoms with Crippen molar-refractivity contribution in [1.82, 2.24) is 10.6 Å². The summed E-state index contributed by atoms with van der Waals surface area (Å²) in [6.45, 7) is 3.08. The summed E-state index contributed by atoms with van der Waals surface area (Å²) in [5, 5.41) is 13.0. The molecule has 6 heteroatoms. The summed E-state index contributed by atoms with van der Waals surface area (Å²) >= 11 is 0. The highest BCUT2D eigenvalue weighted by atomic mass is 19.1. The topological polar surface area (TPSA) is 78.4 Å². The molecule has 0 saturated heterocycles. The molecule has 1 rings (SSSR count). The SMILES string of the molecule is Cc1cc(CNC(=O)NCC(=O)O)cc(C)c1F. The van der Waals surface area contributed by atoms with Crippen LogP contribution < -0.4 is 10.6 Å². The minimum atomic E-state index is -1.11. The van der Waals surface area contributed by atoms with Gasteiger partial charge in [0.2, 0.25) is 0 Å². The van der Waals surface area contributed by atoms with Crippen LogP contribution in [0, 0.1) is 19.7 Å². The van der Waals surface area contributed by atoms with Crippen molar-refractivity contribution in [3.8, 4) is 0 Å². The number of aliphatic carboxylic acids is 1. The lowest BCUT2D eigenvalue weighted by Gasteiger charge is -2.08. The average Bonchev–Trinajstić information content (AvgIpc) is 2.30. The first kappa shape index (κ1) is 14.0. The predicted octanol–water partition coefficient (Wildman–Crippen LogP) is 1.33. The fraction of sp³-hybridized carbons (Fsp3) is 0.333. The van der Waals surface area contributed by atoms with Crippen molar-refractivity contribution in [3.05, 3.63) is 34.6 Å². The second-order valence-corrected chi connectivity index (χ2v) is 3.97. The number of hydrogen-bond acceptors (Lipinski definition) is 2. The van der Waals surface area contributed by atoms with Crippen molar-refractivity contribution < 1.29 is 19.1 Å². The third kappa shape index (κ3) is 4.04. The summed E-state index contributed by atoms with van der Waals surface area (Å²) in [7, 11) is 0. The van der Waals surface area contributed by atoms with Gasteiger partial charge in [-0.1, -0.05) is 12.1 Å². The molecule has 0 heterocycles. The molecule has 5 nitrogen and oxygen atoms in total. The Hall–Kier alpha value is -2.11. The zero-order valence-corrected chi connectivity index (χ0v) is 10.2. The number of aryl methyl sites for hydroxylation is 2. The summed E-state index contributed by atoms with van der Waals surface area (Å²) in [5.41, 5.74) is 1.78. The van der Waals surface area contributed by atoms with Gasteiger partial charge in [0.15, 0.2) is 0 Å². The number of carboxylic acids is 1. The smallest absolute Gasteiger partial charge is 0.323 e. The molecule has 18 heavy (non-hydrogen) atoms. The Balaban J connectivity index is 2.53. The van der Waals surface area contributed by atoms with Crippen molar-refractivity contribution in [1.29, 1.82) is 0 Å². The number of benzene rings is 1. The van der Waals surface area contributed by atoms with Crippen molar-refractivity contribution in [3.63, 3.8) is 0 Å². The normalized spacial score (nSPS) is 9.94. The molecule has 0 unspecified atom stereocenters. The Morgan fingerprint density at radius 1 is 1.22 bits per heavy atom. The Kier molecular flexibility index (Phi) is 4.65. The molecular formula is C12H15FN2O3. The van der Waals surface area contributed by atoms with E-state index in [0.29, 0.717) is 11.1 Å². The fourth-order valence-electron chi connectivity index (χ4n) is 1.54. The van der Waals surface area contributed by atoms with Crippen molar-refractivity contribution in [2.24, 2.45) is 0 Å². The molecular weight excluding hydrogens is 239 g/mol. The van der Waals surface area contributed by atoms with E-state index in [9.17, 15) is 14.0 Å². The van der Waals surface area contributed by atoms with Gasteiger partial charge >= 0.3 is 12.0 Å². The van der Waals surface area contributed by atoms with Crippen molar-refractivity contribution >= 4 is 12.0 Å². The maximum Gasteiger partial charge on any atom is 0.323 e. The maximum absolute atomic E-state index is 13.4. The second kappa shape index (κ2) is 6.00. The molecule has 0 bridgehead atoms. The van der Waals surface area contributed by atoms with Crippen LogP contribution in [0.1, 0.15) is 16.7 Å². The number of hydrogen-bond donors (Lipinski definition) is 3. The Labute approximate surface area is 104 Å². The van der Waals surface area contributed by atoms with E-state index in [1.165, 1.54) is 0 Å². The minimum Gasteiger partial charge on any atom is -0.480 e. The number of urea groups is 1. The van der Waals surface area contributed by atoms with Crippen molar-refractivity contribution in [2.75, 3.05) is 6.54 Å². The molecule has 0 radical (unpaired) electrons. The van der Waals surface area contributed by atoms with Crippen LogP contribution in [0.3, 0.4) is 0 Å². The zero-order valence-electron chi connectivity index (χ0n) is 10.2. The number of amides is 2. The number of carbonyl (C=O) groups excluding carboxylic acids is 1. The molecule has 0 aliphatic rings. The van der Waals surface area contributed by atoms with Gasteiger partial charge in [0, 0.05) is 6.54 Å². The van der Waals surface area contributed by atoms with Gasteiger partial charge in [-0.25, -0.2) is 9.18 Å². The summed E-state index contributed by atoms with van der Waals surface area (Å²) in [6, 6.07) is 2.71. The Morgan fingerprint density at radius 3 is 2.28 bits per heavy atom. The molecule has 0 aromatic heterocycles. The fourth-order valence-corrected chi connectivity index (χ4v) is 1.54. The van der Waals surface area contributed by atoms with Crippen LogP contribution in [-0.2, 0) is 11.3 Å². The highest BCUT2D eigenvalue weighted by Gasteiger charge is 2.06. The van der Waals surface area contributed by atoms with Gasteiger partial charge in [-0.15, -0.1) is 0 Å². The van der Waals surface area contributed by atoms with Gasteiger partial charge in [0.25, 0.3) is 0 Å². The van der Waals surface area contributed by atoms with E-state index >= 15 is 0 Å². The standard InChI is InChI=1S/C12H15FN2O3/c1-7-3-9(4-8(2)11(7)13)5-14-12(18)15-6-10(16)17/h3-4H,5-6H2,1-2H3,(H,16,17)(H2,14,15,18). The first-order chi connectivity index (χ1) is 8.40. The first-order valence-corrected chi connectivity index (χ1v) is 5.39. The molecule has 2 amide bonds. The van der Waals surface area contributed by atoms with Crippen molar-refractivity contribution in [2.45, 2.75) is 20.4 Å². The summed E-state index contributed by atoms with van der Waals surface area (Å²) in [4.78, 5) is 21.4. The lowest BCUT2D eigenvalue weighted by Crippen LogP contribution is -2.38. The van der Waals surface area contributed by atoms with E-state index in [4.69, 9.17) is 5.11 Å². The van der Waals surface area contributed by atoms with Gasteiger partial charge in [-0.05, 0) is 30.5 Å². The predicted molar refractivity (Wildman–Crippen MR) is 63.7 cm³/mol. The van der Waals surface area contributed by atoms with E-state index in [-0.39, 0.29) is 12.4 Å². The van der Waals surface area contributed by atoms with Crippen LogP contribution in [0.25, 0.3) is 0 Å². The van der Waals surface area contributed by atoms with E-state index in [1.807, 2.05) is 0 Å². The summed E-state index contributed by atoms with van der Waals surface area (Å²) in [5.74, 6) is -1.37. The van der Waals surface area contributed by atoms with Gasteiger partial charge < -0.3 is 15.7 Å². The largest absolute Gasteiger partial charge is 0.480 e. The number of carboxylic acid groups (broad SMARTS) is 1. The first-order valence-electron chi connectivity index (χ1n) is 5.39.